The van der Waals surface area contributed by atoms with Crippen molar-refractivity contribution in [2.45, 2.75) is 20.4 Å². The molecule has 0 atom stereocenters. The summed E-state index contributed by atoms with van der Waals surface area (Å²) in [5, 5.41) is 6.76. The fraction of sp³-hybridized carbons (Fsp3) is 0.600. The second-order valence-electron chi connectivity index (χ2n) is 3.24. The summed E-state index contributed by atoms with van der Waals surface area (Å²) in [5.74, 6) is -0.260. The van der Waals surface area contributed by atoms with Crippen molar-refractivity contribution in [2.75, 3.05) is 25.5 Å². The van der Waals surface area contributed by atoms with E-state index in [1.807, 2.05) is 13.8 Å². The average molecular weight is 226 g/mol. The van der Waals surface area contributed by atoms with Gasteiger partial charge in [-0.25, -0.2) is 0 Å². The lowest BCUT2D eigenvalue weighted by molar-refractivity contribution is 0.0918. The van der Waals surface area contributed by atoms with Gasteiger partial charge in [-0.2, -0.15) is 5.10 Å². The molecule has 3 N–H and O–H groups in total. The molecule has 0 saturated carbocycles. The van der Waals surface area contributed by atoms with E-state index in [0.717, 1.165) is 0 Å². The van der Waals surface area contributed by atoms with Gasteiger partial charge in [-0.3, -0.25) is 9.48 Å². The fourth-order valence-corrected chi connectivity index (χ4v) is 1.24. The monoisotopic (exact) mass is 226 g/mol. The predicted molar refractivity (Wildman–Crippen MR) is 61.1 cm³/mol. The average Bonchev–Trinajstić information content (AvgIpc) is 2.66. The molecule has 0 saturated heterocycles. The van der Waals surface area contributed by atoms with Crippen LogP contribution in [0.2, 0.25) is 0 Å². The van der Waals surface area contributed by atoms with E-state index in [0.29, 0.717) is 32.0 Å². The maximum absolute atomic E-state index is 11.6. The Morgan fingerprint density at radius 3 is 2.94 bits per heavy atom. The zero-order valence-electron chi connectivity index (χ0n) is 9.69. The van der Waals surface area contributed by atoms with Crippen LogP contribution in [0, 0.1) is 0 Å². The van der Waals surface area contributed by atoms with Crippen molar-refractivity contribution in [1.82, 2.24) is 15.1 Å². The molecule has 6 nitrogen and oxygen atoms in total. The van der Waals surface area contributed by atoms with E-state index in [2.05, 4.69) is 10.4 Å². The number of aromatic nitrogens is 2. The Balaban J connectivity index is 2.49. The van der Waals surface area contributed by atoms with E-state index < -0.39 is 0 Å². The van der Waals surface area contributed by atoms with E-state index >= 15 is 0 Å². The highest BCUT2D eigenvalue weighted by atomic mass is 16.5. The second kappa shape index (κ2) is 6.12. The normalized spacial score (nSPS) is 10.4. The first-order valence-corrected chi connectivity index (χ1v) is 5.37. The highest BCUT2D eigenvalue weighted by Gasteiger charge is 2.13. The maximum Gasteiger partial charge on any atom is 0.274 e. The van der Waals surface area contributed by atoms with Crippen molar-refractivity contribution in [3.8, 4) is 0 Å². The quantitative estimate of drug-likeness (QED) is 0.681. The standard InChI is InChI=1S/C10H18N4O2/c1-3-14-7-8(11)9(13-14)10(15)12-5-6-16-4-2/h7H,3-6,11H2,1-2H3,(H,12,15). The third-order valence-corrected chi connectivity index (χ3v) is 2.07. The van der Waals surface area contributed by atoms with Crippen LogP contribution in [0.15, 0.2) is 6.20 Å². The van der Waals surface area contributed by atoms with Crippen LogP contribution in [0.1, 0.15) is 24.3 Å². The molecule has 1 aromatic rings. The molecular formula is C10H18N4O2. The second-order valence-corrected chi connectivity index (χ2v) is 3.24. The number of anilines is 1. The van der Waals surface area contributed by atoms with Crippen LogP contribution in [-0.2, 0) is 11.3 Å². The van der Waals surface area contributed by atoms with Crippen LogP contribution < -0.4 is 11.1 Å². The molecule has 0 unspecified atom stereocenters. The van der Waals surface area contributed by atoms with E-state index in [-0.39, 0.29) is 11.6 Å². The molecule has 0 spiro atoms. The third kappa shape index (κ3) is 3.23. The number of aryl methyl sites for hydroxylation is 1. The van der Waals surface area contributed by atoms with Gasteiger partial charge in [0.15, 0.2) is 5.69 Å². The largest absolute Gasteiger partial charge is 0.396 e. The van der Waals surface area contributed by atoms with E-state index in [9.17, 15) is 4.79 Å². The van der Waals surface area contributed by atoms with Gasteiger partial charge in [-0.05, 0) is 13.8 Å². The van der Waals surface area contributed by atoms with Gasteiger partial charge < -0.3 is 15.8 Å². The topological polar surface area (TPSA) is 82.2 Å². The lowest BCUT2D eigenvalue weighted by Crippen LogP contribution is -2.28. The Bertz CT molecular complexity index is 349. The first-order valence-electron chi connectivity index (χ1n) is 5.37. The van der Waals surface area contributed by atoms with Gasteiger partial charge in [-0.15, -0.1) is 0 Å². The summed E-state index contributed by atoms with van der Waals surface area (Å²) in [6.45, 7) is 6.13. The third-order valence-electron chi connectivity index (χ3n) is 2.07. The zero-order valence-corrected chi connectivity index (χ0v) is 9.69. The SMILES string of the molecule is CCOCCNC(=O)c1nn(CC)cc1N. The Morgan fingerprint density at radius 1 is 1.62 bits per heavy atom. The van der Waals surface area contributed by atoms with Gasteiger partial charge >= 0.3 is 0 Å². The molecule has 0 aliphatic heterocycles. The summed E-state index contributed by atoms with van der Waals surface area (Å²) < 4.78 is 6.74. The number of carbonyl (C=O) groups excluding carboxylic acids is 1. The van der Waals surface area contributed by atoms with Crippen molar-refractivity contribution in [2.24, 2.45) is 0 Å². The van der Waals surface area contributed by atoms with Gasteiger partial charge in [0.2, 0.25) is 0 Å². The Labute approximate surface area is 94.8 Å². The molecule has 0 radical (unpaired) electrons. The van der Waals surface area contributed by atoms with Gasteiger partial charge in [0, 0.05) is 25.9 Å². The number of carbonyl (C=O) groups is 1. The van der Waals surface area contributed by atoms with Crippen molar-refractivity contribution in [3.63, 3.8) is 0 Å². The molecule has 16 heavy (non-hydrogen) atoms. The minimum absolute atomic E-state index is 0.260. The van der Waals surface area contributed by atoms with Crippen molar-refractivity contribution in [3.05, 3.63) is 11.9 Å². The van der Waals surface area contributed by atoms with Crippen LogP contribution >= 0.6 is 0 Å². The molecule has 90 valence electrons. The Morgan fingerprint density at radius 2 is 2.38 bits per heavy atom. The van der Waals surface area contributed by atoms with E-state index in [1.54, 1.807) is 10.9 Å². The number of nitrogen functional groups attached to an aromatic ring is 1. The number of ether oxygens (including phenoxy) is 1. The number of amides is 1. The lowest BCUT2D eigenvalue weighted by atomic mass is 10.3. The highest BCUT2D eigenvalue weighted by Crippen LogP contribution is 2.08. The summed E-state index contributed by atoms with van der Waals surface area (Å²) in [7, 11) is 0. The fourth-order valence-electron chi connectivity index (χ4n) is 1.24. The van der Waals surface area contributed by atoms with Crippen LogP contribution in [0.25, 0.3) is 0 Å². The Hall–Kier alpha value is -1.56. The first-order chi connectivity index (χ1) is 7.69. The summed E-state index contributed by atoms with van der Waals surface area (Å²) in [4.78, 5) is 11.6. The molecule has 0 bridgehead atoms. The van der Waals surface area contributed by atoms with Gasteiger partial charge in [0.05, 0.1) is 12.3 Å². The Kier molecular flexibility index (Phi) is 4.78. The molecule has 0 aromatic carbocycles. The smallest absolute Gasteiger partial charge is 0.274 e. The van der Waals surface area contributed by atoms with Crippen molar-refractivity contribution in [1.29, 1.82) is 0 Å². The number of rotatable bonds is 6. The van der Waals surface area contributed by atoms with Crippen LogP contribution in [0.3, 0.4) is 0 Å². The van der Waals surface area contributed by atoms with Gasteiger partial charge in [-0.1, -0.05) is 0 Å². The molecule has 0 aliphatic rings. The van der Waals surface area contributed by atoms with Crippen LogP contribution in [-0.4, -0.2) is 35.4 Å². The highest BCUT2D eigenvalue weighted by molar-refractivity contribution is 5.96. The summed E-state index contributed by atoms with van der Waals surface area (Å²) in [5.41, 5.74) is 6.35. The zero-order chi connectivity index (χ0) is 12.0. The van der Waals surface area contributed by atoms with E-state index in [4.69, 9.17) is 10.5 Å². The molecular weight excluding hydrogens is 208 g/mol. The molecule has 1 amide bonds. The number of hydrogen-bond acceptors (Lipinski definition) is 4. The molecule has 0 fully saturated rings. The molecule has 6 heteroatoms. The van der Waals surface area contributed by atoms with Gasteiger partial charge in [0.1, 0.15) is 0 Å². The number of nitrogens with one attached hydrogen (secondary N) is 1. The van der Waals surface area contributed by atoms with E-state index in [1.165, 1.54) is 0 Å². The number of nitrogens with two attached hydrogens (primary N) is 1. The van der Waals surface area contributed by atoms with Crippen molar-refractivity contribution < 1.29 is 9.53 Å². The summed E-state index contributed by atoms with van der Waals surface area (Å²) in [6.07, 6.45) is 1.65. The molecule has 1 heterocycles. The molecule has 0 aliphatic carbocycles. The minimum atomic E-state index is -0.260. The summed E-state index contributed by atoms with van der Waals surface area (Å²) in [6, 6.07) is 0. The van der Waals surface area contributed by atoms with Crippen LogP contribution in [0.4, 0.5) is 5.69 Å². The maximum atomic E-state index is 11.6. The van der Waals surface area contributed by atoms with Crippen molar-refractivity contribution >= 4 is 11.6 Å². The van der Waals surface area contributed by atoms with Gasteiger partial charge in [0.25, 0.3) is 5.91 Å². The molecule has 1 aromatic heterocycles. The molecule has 1 rings (SSSR count). The van der Waals surface area contributed by atoms with Crippen LogP contribution in [0.5, 0.6) is 0 Å². The first kappa shape index (κ1) is 12.5. The lowest BCUT2D eigenvalue weighted by Gasteiger charge is -2.03. The summed E-state index contributed by atoms with van der Waals surface area (Å²) >= 11 is 0. The number of nitrogens with zero attached hydrogens (tertiary/aromatic N) is 2. The minimum Gasteiger partial charge on any atom is -0.396 e. The number of hydrogen-bond donors (Lipinski definition) is 2. The predicted octanol–water partition coefficient (Wildman–Crippen LogP) is 0.251.